The molecule has 27 nitrogen and oxygen atoms in total. The molecule has 1 heterocycles. The van der Waals surface area contributed by atoms with Gasteiger partial charge in [0.25, 0.3) is 0 Å². The molecule has 0 bridgehead atoms. The van der Waals surface area contributed by atoms with Crippen molar-refractivity contribution < 1.29 is 91.7 Å². The molecule has 0 radical (unpaired) electrons. The summed E-state index contributed by atoms with van der Waals surface area (Å²) in [4.78, 5) is 126. The lowest BCUT2D eigenvalue weighted by molar-refractivity contribution is -0.146. The highest BCUT2D eigenvalue weighted by atomic mass is 19.1. The van der Waals surface area contributed by atoms with Gasteiger partial charge < -0.3 is 70.9 Å². The highest BCUT2D eigenvalue weighted by molar-refractivity contribution is 5.98. The van der Waals surface area contributed by atoms with Gasteiger partial charge in [-0.25, -0.2) is 4.68 Å². The Hall–Kier alpha value is -6.39. The first-order valence-corrected chi connectivity index (χ1v) is 21.5. The molecule has 1 rings (SSSR count). The van der Waals surface area contributed by atoms with Crippen LogP contribution in [0.2, 0.25) is 0 Å². The van der Waals surface area contributed by atoms with Crippen molar-refractivity contribution in [3.63, 3.8) is 0 Å². The molecular weight excluding hydrogens is 913 g/mol. The first-order valence-electron chi connectivity index (χ1n) is 21.5. The Labute approximate surface area is 390 Å². The smallest absolute Gasteiger partial charge is 0.305 e. The summed E-state index contributed by atoms with van der Waals surface area (Å²) >= 11 is 0. The molecule has 1 aromatic heterocycles. The summed E-state index contributed by atoms with van der Waals surface area (Å²) in [7, 11) is 1.13. The predicted molar refractivity (Wildman–Crippen MR) is 229 cm³/mol. The highest BCUT2D eigenvalue weighted by Gasteiger charge is 2.38. The summed E-state index contributed by atoms with van der Waals surface area (Å²) in [6, 6.07) is -7.98. The zero-order valence-corrected chi connectivity index (χ0v) is 38.4. The summed E-state index contributed by atoms with van der Waals surface area (Å²) in [5.41, 5.74) is 0.374. The molecule has 0 unspecified atom stereocenters. The van der Waals surface area contributed by atoms with Crippen LogP contribution in [0.1, 0.15) is 65.0 Å². The number of rotatable bonds is 38. The van der Waals surface area contributed by atoms with Gasteiger partial charge in [0, 0.05) is 26.2 Å². The van der Waals surface area contributed by atoms with E-state index in [1.165, 1.54) is 27.0 Å². The van der Waals surface area contributed by atoms with Crippen LogP contribution in [0, 0.1) is 5.92 Å². The van der Waals surface area contributed by atoms with Crippen molar-refractivity contribution in [1.29, 1.82) is 0 Å². The molecule has 68 heavy (non-hydrogen) atoms. The van der Waals surface area contributed by atoms with Gasteiger partial charge in [0.2, 0.25) is 35.4 Å². The molecular formula is C40H64FN9O18. The first kappa shape index (κ1) is 59.6. The molecule has 0 aliphatic rings. The van der Waals surface area contributed by atoms with Crippen molar-refractivity contribution in [1.82, 2.24) is 46.5 Å². The first-order chi connectivity index (χ1) is 32.2. The number of aryl methyl sites for hydroxylation is 1. The van der Waals surface area contributed by atoms with Crippen LogP contribution in [0.3, 0.4) is 0 Å². The van der Waals surface area contributed by atoms with E-state index in [-0.39, 0.29) is 78.7 Å². The van der Waals surface area contributed by atoms with Crippen LogP contribution in [-0.4, -0.2) is 203 Å². The van der Waals surface area contributed by atoms with E-state index in [0.29, 0.717) is 5.69 Å². The minimum Gasteiger partial charge on any atom is -0.481 e. The number of amides is 6. The highest BCUT2D eigenvalue weighted by Crippen LogP contribution is 2.15. The predicted octanol–water partition coefficient (Wildman–Crippen LogP) is -2.91. The molecule has 0 saturated carbocycles. The second-order valence-corrected chi connectivity index (χ2v) is 15.3. The summed E-state index contributed by atoms with van der Waals surface area (Å²) in [5.74, 6) is -12.1. The quantitative estimate of drug-likeness (QED) is 0.0300. The van der Waals surface area contributed by atoms with Crippen molar-refractivity contribution >= 4 is 59.3 Å². The van der Waals surface area contributed by atoms with Gasteiger partial charge in [-0.3, -0.25) is 52.3 Å². The van der Waals surface area contributed by atoms with E-state index in [9.17, 15) is 67.7 Å². The number of hydrogen-bond acceptors (Lipinski definition) is 16. The molecule has 0 spiro atoms. The molecule has 5 atom stereocenters. The number of alkyl halides is 1. The Morgan fingerprint density at radius 1 is 0.662 bits per heavy atom. The number of carbonyl (C=O) groups excluding carboxylic acids is 6. The number of aromatic nitrogens is 3. The van der Waals surface area contributed by atoms with Gasteiger partial charge >= 0.3 is 23.9 Å². The Bertz CT molecular complexity index is 1820. The van der Waals surface area contributed by atoms with Crippen LogP contribution in [-0.2, 0) is 79.9 Å². The fraction of sp³-hybridized carbons (Fsp3) is 0.700. The van der Waals surface area contributed by atoms with Gasteiger partial charge in [-0.05, 0) is 32.1 Å². The molecule has 1 aromatic rings. The van der Waals surface area contributed by atoms with Crippen LogP contribution in [0.15, 0.2) is 6.20 Å². The Kier molecular flexibility index (Phi) is 29.1. The number of carboxylic acid groups (broad SMARTS) is 4. The average Bonchev–Trinajstić information content (AvgIpc) is 3.70. The number of hydrogen-bond donors (Lipinski definition) is 9. The van der Waals surface area contributed by atoms with Crippen LogP contribution >= 0.6 is 0 Å². The molecule has 0 fully saturated rings. The number of carboxylic acids is 4. The number of carbonyl (C=O) groups is 10. The van der Waals surface area contributed by atoms with Crippen molar-refractivity contribution in [3.8, 4) is 0 Å². The molecule has 384 valence electrons. The summed E-state index contributed by atoms with van der Waals surface area (Å²) in [5, 5.41) is 56.2. The minimum atomic E-state index is -1.79. The maximum atomic E-state index is 13.9. The molecule has 0 aliphatic carbocycles. The fourth-order valence-electron chi connectivity index (χ4n) is 6.00. The zero-order chi connectivity index (χ0) is 51.2. The maximum absolute atomic E-state index is 13.9. The van der Waals surface area contributed by atoms with Crippen molar-refractivity contribution in [3.05, 3.63) is 11.9 Å². The average molecular weight is 978 g/mol. The molecule has 0 saturated heterocycles. The summed E-state index contributed by atoms with van der Waals surface area (Å²) in [6.07, 6.45) is -1.54. The number of ether oxygens (including phenoxy) is 4. The SMILES string of the molecule is CC(C)[C@@H](C(=O)N[C@@H](CC(=O)O)C(=O)N[C@@H](C)C(=O)NCCOCCOCCOCCOCCC(=O)O)N(C)C(=O)[C@H](CCC(=O)O)NC(=O)[C@H](CC(=O)O)NC(=O)Cn1cc(CCCF)nn1. The maximum Gasteiger partial charge on any atom is 0.305 e. The van der Waals surface area contributed by atoms with Gasteiger partial charge in [0.05, 0.1) is 84.5 Å². The summed E-state index contributed by atoms with van der Waals surface area (Å²) < 4.78 is 34.7. The van der Waals surface area contributed by atoms with Crippen LogP contribution in [0.4, 0.5) is 4.39 Å². The van der Waals surface area contributed by atoms with Gasteiger partial charge in [-0.15, -0.1) is 5.10 Å². The Morgan fingerprint density at radius 3 is 1.71 bits per heavy atom. The van der Waals surface area contributed by atoms with Crippen molar-refractivity contribution in [2.24, 2.45) is 5.92 Å². The van der Waals surface area contributed by atoms with E-state index in [4.69, 9.17) is 24.1 Å². The molecule has 6 amide bonds. The number of nitrogens with one attached hydrogen (secondary N) is 5. The Morgan fingerprint density at radius 2 is 1.18 bits per heavy atom. The topological polar surface area (TPSA) is 383 Å². The number of likely N-dealkylation sites (N-methyl/N-ethyl adjacent to an activating group) is 1. The normalized spacial score (nSPS) is 13.3. The number of aliphatic carboxylic acids is 4. The van der Waals surface area contributed by atoms with Crippen molar-refractivity contribution in [2.45, 2.75) is 102 Å². The van der Waals surface area contributed by atoms with E-state index >= 15 is 0 Å². The largest absolute Gasteiger partial charge is 0.481 e. The van der Waals surface area contributed by atoms with E-state index in [1.807, 2.05) is 0 Å². The second kappa shape index (κ2) is 33.1. The Balaban J connectivity index is 2.88. The number of halogens is 1. The van der Waals surface area contributed by atoms with Crippen LogP contribution in [0.5, 0.6) is 0 Å². The third-order valence-electron chi connectivity index (χ3n) is 9.30. The van der Waals surface area contributed by atoms with Crippen LogP contribution in [0.25, 0.3) is 0 Å². The third-order valence-corrected chi connectivity index (χ3v) is 9.30. The van der Waals surface area contributed by atoms with E-state index in [0.717, 1.165) is 16.6 Å². The van der Waals surface area contributed by atoms with Gasteiger partial charge in [-0.2, -0.15) is 0 Å². The zero-order valence-electron chi connectivity index (χ0n) is 38.4. The number of nitrogens with zero attached hydrogens (tertiary/aromatic N) is 4. The third kappa shape index (κ3) is 25.5. The van der Waals surface area contributed by atoms with Crippen molar-refractivity contribution in [2.75, 3.05) is 73.1 Å². The standard InChI is InChI=1S/C40H64FN9O18/c1-24(2)35(49(4)40(64)27(7-8-31(52)53)45-38(62)28(20-33(56)57)44-30(51)23-50-22-26(47-48-50)6-5-10-41)39(63)46-29(21-34(58)59)37(61)43-25(3)36(60)42-11-13-66-15-17-68-19-18-67-16-14-65-12-9-32(54)55/h22,24-25,27-29,35H,5-21,23H2,1-4H3,(H,42,60)(H,43,61)(H,44,51)(H,45,62)(H,46,63)(H,52,53)(H,54,55)(H,56,57)(H,58,59)/t25-,27-,28-,29-,35-/m0/s1. The van der Waals surface area contributed by atoms with Crippen LogP contribution < -0.4 is 26.6 Å². The minimum absolute atomic E-state index is 0.0214. The lowest BCUT2D eigenvalue weighted by Crippen LogP contribution is -2.60. The van der Waals surface area contributed by atoms with E-state index in [1.54, 1.807) is 0 Å². The fourth-order valence-corrected chi connectivity index (χ4v) is 6.00. The summed E-state index contributed by atoms with van der Waals surface area (Å²) in [6.45, 7) is 4.78. The monoisotopic (exact) mass is 977 g/mol. The molecule has 28 heteroatoms. The van der Waals surface area contributed by atoms with Gasteiger partial charge in [-0.1, -0.05) is 19.1 Å². The molecule has 0 aliphatic heterocycles. The van der Waals surface area contributed by atoms with E-state index < -0.39 is 134 Å². The van der Waals surface area contributed by atoms with Gasteiger partial charge in [0.15, 0.2) is 0 Å². The lowest BCUT2D eigenvalue weighted by Gasteiger charge is -2.34. The molecule has 0 aromatic carbocycles. The second-order valence-electron chi connectivity index (χ2n) is 15.3. The van der Waals surface area contributed by atoms with Gasteiger partial charge in [0.1, 0.15) is 36.8 Å². The van der Waals surface area contributed by atoms with E-state index in [2.05, 4.69) is 36.9 Å². The lowest BCUT2D eigenvalue weighted by atomic mass is 9.99. The molecule has 9 N–H and O–H groups in total.